The number of nitrogens with one attached hydrogen (secondary N) is 2. The summed E-state index contributed by atoms with van der Waals surface area (Å²) < 4.78 is 0. The molecule has 6 nitrogen and oxygen atoms in total. The summed E-state index contributed by atoms with van der Waals surface area (Å²) in [4.78, 5) is 23.0. The van der Waals surface area contributed by atoms with Gasteiger partial charge in [0.2, 0.25) is 0 Å². The van der Waals surface area contributed by atoms with Crippen LogP contribution in [0.3, 0.4) is 0 Å². The summed E-state index contributed by atoms with van der Waals surface area (Å²) in [6.45, 7) is 2.17. The van der Waals surface area contributed by atoms with Crippen LogP contribution in [-0.2, 0) is 0 Å². The normalized spacial score (nSPS) is 9.62. The third kappa shape index (κ3) is 3.78. The molecule has 1 aromatic carbocycles. The Labute approximate surface area is 121 Å². The number of carbonyl (C=O) groups excluding carboxylic acids is 1. The minimum absolute atomic E-state index is 0.118. The molecule has 0 radical (unpaired) electrons. The van der Waals surface area contributed by atoms with Crippen LogP contribution in [-0.4, -0.2) is 22.6 Å². The molecule has 2 aromatic rings. The average Bonchev–Trinajstić information content (AvgIpc) is 2.48. The lowest BCUT2D eigenvalue weighted by molar-refractivity contribution is 0.102. The topological polar surface area (TPSA) is 101 Å². The van der Waals surface area contributed by atoms with Gasteiger partial charge in [0.15, 0.2) is 0 Å². The van der Waals surface area contributed by atoms with Crippen LogP contribution in [0.15, 0.2) is 35.1 Å². The first-order valence-electron chi connectivity index (χ1n) is 6.27. The van der Waals surface area contributed by atoms with E-state index in [0.717, 1.165) is 5.56 Å². The van der Waals surface area contributed by atoms with Crippen LogP contribution in [0.25, 0.3) is 0 Å². The van der Waals surface area contributed by atoms with Gasteiger partial charge in [0.25, 0.3) is 11.5 Å². The first-order valence-corrected chi connectivity index (χ1v) is 6.27. The van der Waals surface area contributed by atoms with Gasteiger partial charge in [-0.1, -0.05) is 17.9 Å². The van der Waals surface area contributed by atoms with Crippen LogP contribution >= 0.6 is 0 Å². The summed E-state index contributed by atoms with van der Waals surface area (Å²) in [7, 11) is 0. The molecule has 1 aromatic heterocycles. The van der Waals surface area contributed by atoms with E-state index in [-0.39, 0.29) is 17.8 Å². The van der Waals surface area contributed by atoms with Crippen molar-refractivity contribution in [2.24, 2.45) is 5.73 Å². The highest BCUT2D eigenvalue weighted by Gasteiger charge is 2.10. The van der Waals surface area contributed by atoms with Crippen molar-refractivity contribution >= 4 is 11.6 Å². The first kappa shape index (κ1) is 14.5. The predicted molar refractivity (Wildman–Crippen MR) is 79.9 cm³/mol. The number of hydrogen-bond donors (Lipinski definition) is 3. The summed E-state index contributed by atoms with van der Waals surface area (Å²) >= 11 is 0. The summed E-state index contributed by atoms with van der Waals surface area (Å²) in [5, 5.41) is 8.61. The molecule has 0 bridgehead atoms. The van der Waals surface area contributed by atoms with Gasteiger partial charge >= 0.3 is 0 Å². The number of hydrogen-bond acceptors (Lipinski definition) is 4. The molecule has 1 heterocycles. The standard InChI is InChI=1S/C15H14N4O2/c1-10-4-5-12(11(9-10)3-2-8-16)17-15(21)13-6-7-14(20)19-18-13/h4-7,9H,8,16H2,1H3,(H,17,21)(H,19,20). The zero-order valence-corrected chi connectivity index (χ0v) is 11.4. The number of nitrogens with zero attached hydrogens (tertiary/aromatic N) is 1. The Kier molecular flexibility index (Phi) is 4.49. The van der Waals surface area contributed by atoms with Gasteiger partial charge in [-0.2, -0.15) is 5.10 Å². The van der Waals surface area contributed by atoms with Gasteiger partial charge < -0.3 is 11.1 Å². The lowest BCUT2D eigenvalue weighted by Crippen LogP contribution is -2.18. The fourth-order valence-electron chi connectivity index (χ4n) is 1.67. The molecule has 0 aliphatic rings. The number of anilines is 1. The number of H-pyrrole nitrogens is 1. The van der Waals surface area contributed by atoms with Crippen molar-refractivity contribution in [2.75, 3.05) is 11.9 Å². The summed E-state index contributed by atoms with van der Waals surface area (Å²) in [6, 6.07) is 8.08. The fourth-order valence-corrected chi connectivity index (χ4v) is 1.67. The quantitative estimate of drug-likeness (QED) is 0.704. The number of benzene rings is 1. The highest BCUT2D eigenvalue weighted by molar-refractivity contribution is 6.03. The van der Waals surface area contributed by atoms with Crippen LogP contribution in [0.2, 0.25) is 0 Å². The van der Waals surface area contributed by atoms with E-state index in [1.807, 2.05) is 19.1 Å². The summed E-state index contributed by atoms with van der Waals surface area (Å²) in [6.07, 6.45) is 0. The molecule has 0 saturated heterocycles. The Morgan fingerprint density at radius 1 is 1.38 bits per heavy atom. The van der Waals surface area contributed by atoms with E-state index in [1.165, 1.54) is 12.1 Å². The van der Waals surface area contributed by atoms with Gasteiger partial charge in [0.05, 0.1) is 12.2 Å². The van der Waals surface area contributed by atoms with E-state index in [9.17, 15) is 9.59 Å². The first-order chi connectivity index (χ1) is 10.1. The van der Waals surface area contributed by atoms with Gasteiger partial charge in [0.1, 0.15) is 5.69 Å². The van der Waals surface area contributed by atoms with Gasteiger partial charge in [0, 0.05) is 11.6 Å². The number of aromatic nitrogens is 2. The Balaban J connectivity index is 2.28. The molecule has 0 saturated carbocycles. The van der Waals surface area contributed by atoms with Crippen LogP contribution in [0.5, 0.6) is 0 Å². The molecule has 4 N–H and O–H groups in total. The average molecular weight is 282 g/mol. The minimum atomic E-state index is -0.425. The van der Waals surface area contributed by atoms with Gasteiger partial charge in [-0.15, -0.1) is 0 Å². The van der Waals surface area contributed by atoms with E-state index in [4.69, 9.17) is 5.73 Å². The van der Waals surface area contributed by atoms with Crippen molar-refractivity contribution in [1.82, 2.24) is 10.2 Å². The Morgan fingerprint density at radius 3 is 2.86 bits per heavy atom. The smallest absolute Gasteiger partial charge is 0.276 e. The maximum absolute atomic E-state index is 12.1. The number of rotatable bonds is 2. The van der Waals surface area contributed by atoms with Crippen molar-refractivity contribution in [3.8, 4) is 11.8 Å². The monoisotopic (exact) mass is 282 g/mol. The van der Waals surface area contributed by atoms with Crippen molar-refractivity contribution in [3.05, 3.63) is 57.5 Å². The molecular weight excluding hydrogens is 268 g/mol. The van der Waals surface area contributed by atoms with Gasteiger partial charge in [-0.05, 0) is 30.7 Å². The van der Waals surface area contributed by atoms with E-state index in [2.05, 4.69) is 27.4 Å². The van der Waals surface area contributed by atoms with Crippen molar-refractivity contribution in [1.29, 1.82) is 0 Å². The van der Waals surface area contributed by atoms with Gasteiger partial charge in [-0.3, -0.25) is 9.59 Å². The minimum Gasteiger partial charge on any atom is -0.320 e. The zero-order valence-electron chi connectivity index (χ0n) is 11.4. The van der Waals surface area contributed by atoms with E-state index >= 15 is 0 Å². The Morgan fingerprint density at radius 2 is 2.19 bits per heavy atom. The molecule has 0 unspecified atom stereocenters. The highest BCUT2D eigenvalue weighted by atomic mass is 16.2. The number of aryl methyl sites for hydroxylation is 1. The molecule has 21 heavy (non-hydrogen) atoms. The number of amides is 1. The van der Waals surface area contributed by atoms with E-state index < -0.39 is 5.91 Å². The fraction of sp³-hybridized carbons (Fsp3) is 0.133. The van der Waals surface area contributed by atoms with Crippen molar-refractivity contribution < 1.29 is 4.79 Å². The molecule has 1 amide bonds. The molecule has 6 heteroatoms. The largest absolute Gasteiger partial charge is 0.320 e. The second kappa shape index (κ2) is 6.50. The second-order valence-corrected chi connectivity index (χ2v) is 4.32. The van der Waals surface area contributed by atoms with E-state index in [0.29, 0.717) is 11.3 Å². The molecule has 0 aliphatic carbocycles. The SMILES string of the molecule is Cc1ccc(NC(=O)c2ccc(=O)[nH]n2)c(C#CCN)c1. The van der Waals surface area contributed by atoms with Crippen molar-refractivity contribution in [2.45, 2.75) is 6.92 Å². The van der Waals surface area contributed by atoms with Crippen molar-refractivity contribution in [3.63, 3.8) is 0 Å². The maximum atomic E-state index is 12.1. The lowest BCUT2D eigenvalue weighted by Gasteiger charge is -2.07. The summed E-state index contributed by atoms with van der Waals surface area (Å²) in [5.74, 6) is 5.24. The van der Waals surface area contributed by atoms with Crippen LogP contribution in [0.4, 0.5) is 5.69 Å². The molecule has 0 atom stereocenters. The molecule has 0 spiro atoms. The zero-order chi connectivity index (χ0) is 15.2. The summed E-state index contributed by atoms with van der Waals surface area (Å²) in [5.41, 5.74) is 7.39. The molecule has 2 rings (SSSR count). The van der Waals surface area contributed by atoms with Crippen LogP contribution in [0.1, 0.15) is 21.6 Å². The number of nitrogens with two attached hydrogens (primary N) is 1. The van der Waals surface area contributed by atoms with Crippen LogP contribution in [0, 0.1) is 18.8 Å². The molecule has 0 fully saturated rings. The third-order valence-corrected chi connectivity index (χ3v) is 2.66. The Hall–Kier alpha value is -2.91. The maximum Gasteiger partial charge on any atom is 0.276 e. The van der Waals surface area contributed by atoms with E-state index in [1.54, 1.807) is 6.07 Å². The number of carbonyl (C=O) groups is 1. The van der Waals surface area contributed by atoms with Gasteiger partial charge in [-0.25, -0.2) is 5.10 Å². The Bertz CT molecular complexity index is 764. The third-order valence-electron chi connectivity index (χ3n) is 2.66. The number of aromatic amines is 1. The highest BCUT2D eigenvalue weighted by Crippen LogP contribution is 2.17. The second-order valence-electron chi connectivity index (χ2n) is 4.32. The molecule has 106 valence electrons. The molecule has 0 aliphatic heterocycles. The van der Waals surface area contributed by atoms with Crippen LogP contribution < -0.4 is 16.6 Å². The lowest BCUT2D eigenvalue weighted by atomic mass is 10.1. The molecular formula is C15H14N4O2. The predicted octanol–water partition coefficient (Wildman–Crippen LogP) is 0.641.